The lowest BCUT2D eigenvalue weighted by molar-refractivity contribution is -0.668. The van der Waals surface area contributed by atoms with Gasteiger partial charge in [-0.3, -0.25) is 0 Å². The highest BCUT2D eigenvalue weighted by molar-refractivity contribution is 4.92. The summed E-state index contributed by atoms with van der Waals surface area (Å²) in [5.41, 5.74) is 0.349. The quantitative estimate of drug-likeness (QED) is 0.591. The SMILES string of the molecule is CC1CC(C)(C)CC2(C1)OOC1(CC(C)CC(C)(C)C1)OO2. The van der Waals surface area contributed by atoms with Crippen molar-refractivity contribution in [2.24, 2.45) is 22.7 Å². The molecular formula is C18H32O4. The van der Waals surface area contributed by atoms with E-state index >= 15 is 0 Å². The average molecular weight is 312 g/mol. The molecule has 4 heteroatoms. The first-order chi connectivity index (χ1) is 10.0. The van der Waals surface area contributed by atoms with Gasteiger partial charge in [0.2, 0.25) is 11.6 Å². The Labute approximate surface area is 134 Å². The van der Waals surface area contributed by atoms with Gasteiger partial charge in [0, 0.05) is 25.7 Å². The van der Waals surface area contributed by atoms with Gasteiger partial charge in [0.25, 0.3) is 0 Å². The van der Waals surface area contributed by atoms with Crippen LogP contribution in [0.25, 0.3) is 0 Å². The van der Waals surface area contributed by atoms with Crippen molar-refractivity contribution in [1.29, 1.82) is 0 Å². The van der Waals surface area contributed by atoms with Crippen molar-refractivity contribution in [2.75, 3.05) is 0 Å². The maximum absolute atomic E-state index is 5.90. The molecular weight excluding hydrogens is 280 g/mol. The van der Waals surface area contributed by atoms with E-state index < -0.39 is 11.6 Å². The standard InChI is InChI=1S/C18H32O4/c1-13-7-15(3,4)11-17(9-13)19-21-18(22-20-17)10-14(2)8-16(5,6)12-18/h13-14H,7-12H2,1-6H3. The van der Waals surface area contributed by atoms with E-state index in [1.807, 2.05) is 0 Å². The van der Waals surface area contributed by atoms with Crippen LogP contribution in [0.3, 0.4) is 0 Å². The lowest BCUT2D eigenvalue weighted by Gasteiger charge is -2.53. The molecule has 2 atom stereocenters. The van der Waals surface area contributed by atoms with Gasteiger partial charge in [-0.1, -0.05) is 41.5 Å². The van der Waals surface area contributed by atoms with E-state index in [9.17, 15) is 0 Å². The molecule has 0 aromatic carbocycles. The van der Waals surface area contributed by atoms with Crippen LogP contribution >= 0.6 is 0 Å². The van der Waals surface area contributed by atoms with Gasteiger partial charge in [-0.15, -0.1) is 0 Å². The molecule has 2 spiro atoms. The molecule has 2 unspecified atom stereocenters. The fourth-order valence-electron chi connectivity index (χ4n) is 5.43. The Morgan fingerprint density at radius 3 is 1.18 bits per heavy atom. The van der Waals surface area contributed by atoms with Crippen molar-refractivity contribution >= 4 is 0 Å². The molecule has 1 saturated heterocycles. The van der Waals surface area contributed by atoms with E-state index in [2.05, 4.69) is 41.5 Å². The van der Waals surface area contributed by atoms with Gasteiger partial charge in [0.1, 0.15) is 0 Å². The maximum Gasteiger partial charge on any atom is 0.235 e. The van der Waals surface area contributed by atoms with Gasteiger partial charge in [-0.2, -0.15) is 19.6 Å². The molecule has 0 aromatic rings. The van der Waals surface area contributed by atoms with E-state index in [4.69, 9.17) is 19.6 Å². The third-order valence-corrected chi connectivity index (χ3v) is 5.31. The second-order valence-corrected chi connectivity index (χ2v) is 9.86. The monoisotopic (exact) mass is 312 g/mol. The molecule has 0 N–H and O–H groups in total. The Kier molecular flexibility index (Phi) is 3.92. The second-order valence-electron chi connectivity index (χ2n) is 9.86. The van der Waals surface area contributed by atoms with Gasteiger partial charge >= 0.3 is 0 Å². The number of hydrogen-bond donors (Lipinski definition) is 0. The molecule has 3 rings (SSSR count). The van der Waals surface area contributed by atoms with Crippen molar-refractivity contribution < 1.29 is 19.6 Å². The van der Waals surface area contributed by atoms with Crippen LogP contribution in [-0.2, 0) is 19.6 Å². The average Bonchev–Trinajstić information content (AvgIpc) is 2.28. The van der Waals surface area contributed by atoms with E-state index in [1.165, 1.54) is 12.8 Å². The highest BCUT2D eigenvalue weighted by Gasteiger charge is 2.56. The molecule has 128 valence electrons. The van der Waals surface area contributed by atoms with Crippen LogP contribution < -0.4 is 0 Å². The zero-order valence-corrected chi connectivity index (χ0v) is 15.0. The Morgan fingerprint density at radius 2 is 0.909 bits per heavy atom. The smallest absolute Gasteiger partial charge is 0.195 e. The molecule has 2 saturated carbocycles. The molecule has 1 aliphatic heterocycles. The normalized spacial score (nSPS) is 47.7. The molecule has 1 heterocycles. The van der Waals surface area contributed by atoms with Gasteiger partial charge in [-0.05, 0) is 35.5 Å². The molecule has 0 amide bonds. The molecule has 3 fully saturated rings. The summed E-state index contributed by atoms with van der Waals surface area (Å²) in [4.78, 5) is 23.6. The van der Waals surface area contributed by atoms with E-state index in [0.717, 1.165) is 25.7 Å². The summed E-state index contributed by atoms with van der Waals surface area (Å²) in [7, 11) is 0. The van der Waals surface area contributed by atoms with Crippen LogP contribution in [0.1, 0.15) is 80.1 Å². The first-order valence-electron chi connectivity index (χ1n) is 8.77. The summed E-state index contributed by atoms with van der Waals surface area (Å²) in [6.45, 7) is 13.5. The van der Waals surface area contributed by atoms with Crippen LogP contribution in [0.2, 0.25) is 0 Å². The molecule has 0 radical (unpaired) electrons. The molecule has 2 aliphatic carbocycles. The topological polar surface area (TPSA) is 36.9 Å². The zero-order chi connectivity index (χ0) is 16.2. The largest absolute Gasteiger partial charge is 0.235 e. The fourth-order valence-corrected chi connectivity index (χ4v) is 5.43. The Morgan fingerprint density at radius 1 is 0.591 bits per heavy atom. The number of rotatable bonds is 0. The van der Waals surface area contributed by atoms with Crippen LogP contribution in [-0.4, -0.2) is 11.6 Å². The minimum atomic E-state index is -0.739. The second kappa shape index (κ2) is 5.17. The van der Waals surface area contributed by atoms with E-state index in [0.29, 0.717) is 11.8 Å². The van der Waals surface area contributed by atoms with Crippen molar-refractivity contribution in [2.45, 2.75) is 91.6 Å². The summed E-state index contributed by atoms with van der Waals surface area (Å²) in [5, 5.41) is 0. The van der Waals surface area contributed by atoms with Crippen LogP contribution in [0.15, 0.2) is 0 Å². The third-order valence-electron chi connectivity index (χ3n) is 5.31. The molecule has 22 heavy (non-hydrogen) atoms. The third kappa shape index (κ3) is 3.35. The fraction of sp³-hybridized carbons (Fsp3) is 1.00. The Balaban J connectivity index is 1.72. The Hall–Kier alpha value is -0.160. The van der Waals surface area contributed by atoms with Gasteiger partial charge < -0.3 is 0 Å². The van der Waals surface area contributed by atoms with Crippen LogP contribution in [0, 0.1) is 22.7 Å². The van der Waals surface area contributed by atoms with Crippen LogP contribution in [0.4, 0.5) is 0 Å². The van der Waals surface area contributed by atoms with E-state index in [1.54, 1.807) is 0 Å². The van der Waals surface area contributed by atoms with E-state index in [-0.39, 0.29) is 10.8 Å². The van der Waals surface area contributed by atoms with Gasteiger partial charge in [0.05, 0.1) is 0 Å². The van der Waals surface area contributed by atoms with Crippen molar-refractivity contribution in [3.8, 4) is 0 Å². The number of hydrogen-bond acceptors (Lipinski definition) is 4. The summed E-state index contributed by atoms with van der Waals surface area (Å²) < 4.78 is 0. The summed E-state index contributed by atoms with van der Waals surface area (Å²) in [5.74, 6) is -0.410. The molecule has 3 aliphatic rings. The lowest BCUT2D eigenvalue weighted by atomic mass is 9.69. The van der Waals surface area contributed by atoms with Crippen molar-refractivity contribution in [3.63, 3.8) is 0 Å². The molecule has 4 nitrogen and oxygen atoms in total. The lowest BCUT2D eigenvalue weighted by Crippen LogP contribution is -2.57. The first-order valence-corrected chi connectivity index (χ1v) is 8.77. The predicted octanol–water partition coefficient (Wildman–Crippen LogP) is 4.98. The molecule has 0 bridgehead atoms. The van der Waals surface area contributed by atoms with Gasteiger partial charge in [0.15, 0.2) is 0 Å². The molecule has 0 aromatic heterocycles. The Bertz CT molecular complexity index is 381. The summed E-state index contributed by atoms with van der Waals surface area (Å²) in [6, 6.07) is 0. The van der Waals surface area contributed by atoms with Crippen molar-refractivity contribution in [3.05, 3.63) is 0 Å². The van der Waals surface area contributed by atoms with Crippen molar-refractivity contribution in [1.82, 2.24) is 0 Å². The summed E-state index contributed by atoms with van der Waals surface area (Å²) in [6.07, 6.45) is 5.61. The maximum atomic E-state index is 5.90. The van der Waals surface area contributed by atoms with Gasteiger partial charge in [-0.25, -0.2) is 0 Å². The summed E-state index contributed by atoms with van der Waals surface area (Å²) >= 11 is 0. The minimum absolute atomic E-state index is 0.175. The first kappa shape index (κ1) is 16.7. The predicted molar refractivity (Wildman–Crippen MR) is 83.4 cm³/mol. The highest BCUT2D eigenvalue weighted by Crippen LogP contribution is 2.53. The van der Waals surface area contributed by atoms with Crippen LogP contribution in [0.5, 0.6) is 0 Å². The zero-order valence-electron chi connectivity index (χ0n) is 15.0. The minimum Gasteiger partial charge on any atom is -0.195 e. The highest BCUT2D eigenvalue weighted by atomic mass is 17.4.